The van der Waals surface area contributed by atoms with Crippen LogP contribution in [0, 0.1) is 0 Å². The summed E-state index contributed by atoms with van der Waals surface area (Å²) in [6, 6.07) is 5.66. The third-order valence-electron chi connectivity index (χ3n) is 4.39. The normalized spacial score (nSPS) is 19.6. The highest BCUT2D eigenvalue weighted by Gasteiger charge is 2.35. The Morgan fingerprint density at radius 3 is 2.65 bits per heavy atom. The maximum absolute atomic E-state index is 12.6. The Bertz CT molecular complexity index is 875. The summed E-state index contributed by atoms with van der Waals surface area (Å²) in [6.07, 6.45) is 0.854. The molecule has 124 valence electrons. The molecule has 0 radical (unpaired) electrons. The maximum Gasteiger partial charge on any atom is 0.287 e. The van der Waals surface area contributed by atoms with Gasteiger partial charge in [-0.3, -0.25) is 4.79 Å². The summed E-state index contributed by atoms with van der Waals surface area (Å²) in [6.45, 7) is 1.89. The summed E-state index contributed by atoms with van der Waals surface area (Å²) in [5.74, 6) is 0.271. The average molecular weight is 400 g/mol. The standard InChI is InChI=1S/C15H18BrN3O3S/c1-15(5-7-23(21,22)8-6-15)18-14(20)13-17-11-9-10(16)3-4-12(11)19(13)2/h3-4,9H,5-8H2,1-2H3,(H,18,20). The SMILES string of the molecule is Cn1c(C(=O)NC2(C)CCS(=O)(=O)CC2)nc2cc(Br)ccc21. The molecular weight excluding hydrogens is 382 g/mol. The van der Waals surface area contributed by atoms with Gasteiger partial charge in [-0.05, 0) is 38.0 Å². The van der Waals surface area contributed by atoms with Gasteiger partial charge in [0.15, 0.2) is 5.82 Å². The minimum atomic E-state index is -2.97. The highest BCUT2D eigenvalue weighted by Crippen LogP contribution is 2.25. The lowest BCUT2D eigenvalue weighted by atomic mass is 9.95. The number of carbonyl (C=O) groups excluding carboxylic acids is 1. The molecular formula is C15H18BrN3O3S. The number of carbonyl (C=O) groups is 1. The van der Waals surface area contributed by atoms with Crippen molar-refractivity contribution >= 4 is 42.7 Å². The van der Waals surface area contributed by atoms with Gasteiger partial charge in [-0.25, -0.2) is 13.4 Å². The van der Waals surface area contributed by atoms with Crippen LogP contribution in [0.3, 0.4) is 0 Å². The lowest BCUT2D eigenvalue weighted by Gasteiger charge is -2.34. The molecule has 0 unspecified atom stereocenters. The summed E-state index contributed by atoms with van der Waals surface area (Å²) in [7, 11) is -1.17. The number of aromatic nitrogens is 2. The first-order valence-electron chi connectivity index (χ1n) is 7.34. The van der Waals surface area contributed by atoms with Crippen molar-refractivity contribution in [3.05, 3.63) is 28.5 Å². The molecule has 0 aliphatic carbocycles. The van der Waals surface area contributed by atoms with Crippen molar-refractivity contribution in [3.8, 4) is 0 Å². The summed E-state index contributed by atoms with van der Waals surface area (Å²) in [4.78, 5) is 17.0. The number of sulfone groups is 1. The summed E-state index contributed by atoms with van der Waals surface area (Å²) in [5.41, 5.74) is 1.10. The van der Waals surface area contributed by atoms with Crippen LogP contribution in [0.2, 0.25) is 0 Å². The van der Waals surface area contributed by atoms with Crippen molar-refractivity contribution in [2.45, 2.75) is 25.3 Å². The molecule has 0 bridgehead atoms. The van der Waals surface area contributed by atoms with Crippen LogP contribution >= 0.6 is 15.9 Å². The second-order valence-electron chi connectivity index (χ2n) is 6.29. The van der Waals surface area contributed by atoms with E-state index in [-0.39, 0.29) is 17.4 Å². The van der Waals surface area contributed by atoms with Crippen LogP contribution in [-0.4, -0.2) is 40.9 Å². The zero-order valence-electron chi connectivity index (χ0n) is 13.0. The minimum Gasteiger partial charge on any atom is -0.344 e. The molecule has 3 rings (SSSR count). The van der Waals surface area contributed by atoms with E-state index >= 15 is 0 Å². The average Bonchev–Trinajstić information content (AvgIpc) is 2.79. The molecule has 1 aliphatic heterocycles. The fourth-order valence-corrected chi connectivity index (χ4v) is 4.90. The van der Waals surface area contributed by atoms with E-state index in [0.717, 1.165) is 15.5 Å². The molecule has 2 aromatic rings. The molecule has 8 heteroatoms. The first-order chi connectivity index (χ1) is 10.7. The third-order valence-corrected chi connectivity index (χ3v) is 6.54. The summed E-state index contributed by atoms with van der Waals surface area (Å²) >= 11 is 3.40. The first kappa shape index (κ1) is 16.4. The number of aryl methyl sites for hydroxylation is 1. The molecule has 0 spiro atoms. The van der Waals surface area contributed by atoms with Gasteiger partial charge in [0.05, 0.1) is 22.5 Å². The Labute approximate surface area is 143 Å². The van der Waals surface area contributed by atoms with Crippen molar-refractivity contribution in [3.63, 3.8) is 0 Å². The van der Waals surface area contributed by atoms with Gasteiger partial charge in [0.25, 0.3) is 5.91 Å². The van der Waals surface area contributed by atoms with E-state index in [0.29, 0.717) is 18.7 Å². The monoisotopic (exact) mass is 399 g/mol. The molecule has 1 fully saturated rings. The van der Waals surface area contributed by atoms with Crippen LogP contribution in [0.1, 0.15) is 30.4 Å². The number of rotatable bonds is 2. The van der Waals surface area contributed by atoms with Gasteiger partial charge in [0, 0.05) is 17.1 Å². The quantitative estimate of drug-likeness (QED) is 0.837. The molecule has 1 N–H and O–H groups in total. The number of benzene rings is 1. The maximum atomic E-state index is 12.6. The van der Waals surface area contributed by atoms with Crippen molar-refractivity contribution in [2.75, 3.05) is 11.5 Å². The van der Waals surface area contributed by atoms with E-state index in [4.69, 9.17) is 0 Å². The fraction of sp³-hybridized carbons (Fsp3) is 0.467. The Morgan fingerprint density at radius 1 is 1.35 bits per heavy atom. The second-order valence-corrected chi connectivity index (χ2v) is 9.51. The molecule has 6 nitrogen and oxygen atoms in total. The lowest BCUT2D eigenvalue weighted by molar-refractivity contribution is 0.0886. The molecule has 0 saturated carbocycles. The van der Waals surface area contributed by atoms with Gasteiger partial charge in [0.2, 0.25) is 0 Å². The lowest BCUT2D eigenvalue weighted by Crippen LogP contribution is -2.51. The van der Waals surface area contributed by atoms with Crippen molar-refractivity contribution in [1.82, 2.24) is 14.9 Å². The zero-order valence-corrected chi connectivity index (χ0v) is 15.4. The van der Waals surface area contributed by atoms with Crippen molar-refractivity contribution in [1.29, 1.82) is 0 Å². The molecule has 2 heterocycles. The van der Waals surface area contributed by atoms with Crippen molar-refractivity contribution < 1.29 is 13.2 Å². The number of amides is 1. The predicted molar refractivity (Wildman–Crippen MR) is 92.2 cm³/mol. The largest absolute Gasteiger partial charge is 0.344 e. The minimum absolute atomic E-state index is 0.110. The number of imidazole rings is 1. The zero-order chi connectivity index (χ0) is 16.8. The Hall–Kier alpha value is -1.41. The smallest absolute Gasteiger partial charge is 0.287 e. The van der Waals surface area contributed by atoms with E-state index in [1.54, 1.807) is 11.6 Å². The van der Waals surface area contributed by atoms with E-state index in [9.17, 15) is 13.2 Å². The summed E-state index contributed by atoms with van der Waals surface area (Å²) in [5, 5.41) is 2.97. The van der Waals surface area contributed by atoms with Crippen LogP contribution in [0.5, 0.6) is 0 Å². The number of nitrogens with one attached hydrogen (secondary N) is 1. The Balaban J connectivity index is 1.85. The van der Waals surface area contributed by atoms with Crippen LogP contribution in [0.25, 0.3) is 11.0 Å². The van der Waals surface area contributed by atoms with E-state index in [2.05, 4.69) is 26.2 Å². The predicted octanol–water partition coefficient (Wildman–Crippen LogP) is 2.03. The van der Waals surface area contributed by atoms with E-state index in [1.807, 2.05) is 25.1 Å². The summed E-state index contributed by atoms with van der Waals surface area (Å²) < 4.78 is 25.8. The van der Waals surface area contributed by atoms with Crippen LogP contribution in [0.15, 0.2) is 22.7 Å². The van der Waals surface area contributed by atoms with Crippen molar-refractivity contribution in [2.24, 2.45) is 7.05 Å². The molecule has 23 heavy (non-hydrogen) atoms. The number of hydrogen-bond acceptors (Lipinski definition) is 4. The highest BCUT2D eigenvalue weighted by atomic mass is 79.9. The van der Waals surface area contributed by atoms with Gasteiger partial charge in [-0.2, -0.15) is 0 Å². The third kappa shape index (κ3) is 3.28. The molecule has 1 saturated heterocycles. The van der Waals surface area contributed by atoms with Crippen LogP contribution in [0.4, 0.5) is 0 Å². The number of fused-ring (bicyclic) bond motifs is 1. The second kappa shape index (κ2) is 5.59. The Kier molecular flexibility index (Phi) is 4.00. The van der Waals surface area contributed by atoms with Gasteiger partial charge in [-0.1, -0.05) is 15.9 Å². The van der Waals surface area contributed by atoms with Crippen LogP contribution in [-0.2, 0) is 16.9 Å². The molecule has 1 aromatic heterocycles. The van der Waals surface area contributed by atoms with Gasteiger partial charge < -0.3 is 9.88 Å². The van der Waals surface area contributed by atoms with Gasteiger partial charge in [0.1, 0.15) is 9.84 Å². The molecule has 1 amide bonds. The van der Waals surface area contributed by atoms with E-state index in [1.165, 1.54) is 0 Å². The number of hydrogen-bond donors (Lipinski definition) is 1. The molecule has 1 aliphatic rings. The highest BCUT2D eigenvalue weighted by molar-refractivity contribution is 9.10. The fourth-order valence-electron chi connectivity index (χ4n) is 2.82. The molecule has 0 atom stereocenters. The Morgan fingerprint density at radius 2 is 2.00 bits per heavy atom. The topological polar surface area (TPSA) is 81.1 Å². The first-order valence-corrected chi connectivity index (χ1v) is 9.95. The van der Waals surface area contributed by atoms with Gasteiger partial charge in [-0.15, -0.1) is 0 Å². The van der Waals surface area contributed by atoms with Gasteiger partial charge >= 0.3 is 0 Å². The number of nitrogens with zero attached hydrogens (tertiary/aromatic N) is 2. The number of halogens is 1. The van der Waals surface area contributed by atoms with E-state index < -0.39 is 15.4 Å². The molecule has 1 aromatic carbocycles. The van der Waals surface area contributed by atoms with Crippen LogP contribution < -0.4 is 5.32 Å².